The van der Waals surface area contributed by atoms with Crippen molar-refractivity contribution in [2.24, 2.45) is 17.1 Å². The Hall–Kier alpha value is -0.0900. The van der Waals surface area contributed by atoms with Gasteiger partial charge in [-0.15, -0.1) is 0 Å². The molecule has 3 nitrogen and oxygen atoms in total. The van der Waals surface area contributed by atoms with Crippen molar-refractivity contribution in [2.75, 3.05) is 18.1 Å². The van der Waals surface area contributed by atoms with Crippen molar-refractivity contribution >= 4 is 9.84 Å². The van der Waals surface area contributed by atoms with Gasteiger partial charge in [-0.05, 0) is 37.1 Å². The van der Waals surface area contributed by atoms with E-state index in [2.05, 4.69) is 0 Å². The molecule has 1 aliphatic heterocycles. The first kappa shape index (κ1) is 8.51. The fourth-order valence-electron chi connectivity index (χ4n) is 2.32. The lowest BCUT2D eigenvalue weighted by Gasteiger charge is -2.22. The summed E-state index contributed by atoms with van der Waals surface area (Å²) in [6.45, 7) is 0.736. The first-order chi connectivity index (χ1) is 5.58. The van der Waals surface area contributed by atoms with Gasteiger partial charge >= 0.3 is 0 Å². The molecule has 2 N–H and O–H groups in total. The zero-order valence-corrected chi connectivity index (χ0v) is 7.94. The number of nitrogens with two attached hydrogens (primary N) is 1. The van der Waals surface area contributed by atoms with Gasteiger partial charge in [0.15, 0.2) is 0 Å². The molecule has 2 fully saturated rings. The highest BCUT2D eigenvalue weighted by molar-refractivity contribution is 7.91. The van der Waals surface area contributed by atoms with Crippen LogP contribution in [0.4, 0.5) is 0 Å². The molecule has 0 bridgehead atoms. The Morgan fingerprint density at radius 3 is 2.33 bits per heavy atom. The smallest absolute Gasteiger partial charge is 0.150 e. The molecule has 1 aliphatic carbocycles. The van der Waals surface area contributed by atoms with Gasteiger partial charge in [0.05, 0.1) is 11.5 Å². The van der Waals surface area contributed by atoms with Crippen LogP contribution >= 0.6 is 0 Å². The highest BCUT2D eigenvalue weighted by Crippen LogP contribution is 2.59. The van der Waals surface area contributed by atoms with E-state index >= 15 is 0 Å². The van der Waals surface area contributed by atoms with Crippen LogP contribution in [-0.4, -0.2) is 26.5 Å². The molecule has 1 atom stereocenters. The molecule has 70 valence electrons. The van der Waals surface area contributed by atoms with Gasteiger partial charge in [-0.3, -0.25) is 0 Å². The molecular weight excluding hydrogens is 174 g/mol. The number of hydrogen-bond donors (Lipinski definition) is 1. The van der Waals surface area contributed by atoms with Crippen LogP contribution in [0.15, 0.2) is 0 Å². The van der Waals surface area contributed by atoms with Gasteiger partial charge in [0, 0.05) is 0 Å². The van der Waals surface area contributed by atoms with E-state index in [0.29, 0.717) is 22.8 Å². The molecule has 1 spiro atoms. The van der Waals surface area contributed by atoms with E-state index in [1.165, 1.54) is 6.42 Å². The second-order valence-electron chi connectivity index (χ2n) is 4.15. The van der Waals surface area contributed by atoms with Crippen molar-refractivity contribution in [1.82, 2.24) is 0 Å². The highest BCUT2D eigenvalue weighted by atomic mass is 32.2. The Bertz CT molecular complexity index is 269. The van der Waals surface area contributed by atoms with Crippen molar-refractivity contribution in [1.29, 1.82) is 0 Å². The molecule has 0 radical (unpaired) electrons. The summed E-state index contributed by atoms with van der Waals surface area (Å²) in [6, 6.07) is 0. The minimum atomic E-state index is -2.69. The zero-order chi connectivity index (χ0) is 8.82. The van der Waals surface area contributed by atoms with Crippen molar-refractivity contribution < 1.29 is 8.42 Å². The van der Waals surface area contributed by atoms with E-state index in [9.17, 15) is 8.42 Å². The van der Waals surface area contributed by atoms with Crippen LogP contribution in [0.1, 0.15) is 19.3 Å². The predicted molar refractivity (Wildman–Crippen MR) is 47.5 cm³/mol. The van der Waals surface area contributed by atoms with Crippen LogP contribution in [-0.2, 0) is 9.84 Å². The average Bonchev–Trinajstić information content (AvgIpc) is 2.72. The predicted octanol–water partition coefficient (Wildman–Crippen LogP) is 0.160. The standard InChI is InChI=1S/C8H15NO2S/c9-6-7-5-8(7)1-3-12(10,11)4-2-8/h7H,1-6,9H2. The molecule has 1 heterocycles. The molecule has 1 saturated heterocycles. The summed E-state index contributed by atoms with van der Waals surface area (Å²) in [5.41, 5.74) is 5.90. The van der Waals surface area contributed by atoms with E-state index in [1.807, 2.05) is 0 Å². The monoisotopic (exact) mass is 189 g/mol. The third kappa shape index (κ3) is 1.27. The maximum absolute atomic E-state index is 11.1. The van der Waals surface area contributed by atoms with Crippen LogP contribution in [0.3, 0.4) is 0 Å². The molecule has 1 unspecified atom stereocenters. The largest absolute Gasteiger partial charge is 0.330 e. The maximum atomic E-state index is 11.1. The van der Waals surface area contributed by atoms with E-state index in [4.69, 9.17) is 5.73 Å². The SMILES string of the molecule is NCC1CC12CCS(=O)(=O)CC2. The number of hydrogen-bond acceptors (Lipinski definition) is 3. The lowest BCUT2D eigenvalue weighted by Crippen LogP contribution is -2.26. The van der Waals surface area contributed by atoms with Gasteiger partial charge < -0.3 is 5.73 Å². The minimum absolute atomic E-state index is 0.347. The van der Waals surface area contributed by atoms with E-state index in [-0.39, 0.29) is 0 Å². The van der Waals surface area contributed by atoms with E-state index in [0.717, 1.165) is 19.4 Å². The lowest BCUT2D eigenvalue weighted by molar-refractivity contribution is 0.406. The first-order valence-corrected chi connectivity index (χ1v) is 6.31. The van der Waals surface area contributed by atoms with Crippen LogP contribution in [0.5, 0.6) is 0 Å². The summed E-state index contributed by atoms with van der Waals surface area (Å²) >= 11 is 0. The molecule has 4 heteroatoms. The van der Waals surface area contributed by atoms with Gasteiger partial charge in [-0.2, -0.15) is 0 Å². The summed E-state index contributed by atoms with van der Waals surface area (Å²) < 4.78 is 22.3. The molecule has 0 aromatic rings. The summed E-state index contributed by atoms with van der Waals surface area (Å²) in [5.74, 6) is 1.40. The topological polar surface area (TPSA) is 60.2 Å². The Balaban J connectivity index is 2.01. The van der Waals surface area contributed by atoms with Gasteiger partial charge in [-0.25, -0.2) is 8.42 Å². The Morgan fingerprint density at radius 1 is 1.33 bits per heavy atom. The maximum Gasteiger partial charge on any atom is 0.150 e. The van der Waals surface area contributed by atoms with Crippen LogP contribution in [0, 0.1) is 11.3 Å². The lowest BCUT2D eigenvalue weighted by atomic mass is 9.96. The van der Waals surface area contributed by atoms with Crippen LogP contribution < -0.4 is 5.73 Å². The van der Waals surface area contributed by atoms with Gasteiger partial charge in [-0.1, -0.05) is 0 Å². The molecule has 0 amide bonds. The third-order valence-electron chi connectivity index (χ3n) is 3.47. The summed E-state index contributed by atoms with van der Waals surface area (Å²) in [6.07, 6.45) is 2.88. The second-order valence-corrected chi connectivity index (χ2v) is 6.45. The summed E-state index contributed by atoms with van der Waals surface area (Å²) in [7, 11) is -2.69. The number of rotatable bonds is 1. The van der Waals surface area contributed by atoms with E-state index in [1.54, 1.807) is 0 Å². The Labute approximate surface area is 73.2 Å². The molecule has 0 aromatic heterocycles. The summed E-state index contributed by atoms with van der Waals surface area (Å²) in [5, 5.41) is 0. The highest BCUT2D eigenvalue weighted by Gasteiger charge is 2.54. The van der Waals surface area contributed by atoms with Crippen molar-refractivity contribution in [3.8, 4) is 0 Å². The van der Waals surface area contributed by atoms with Crippen molar-refractivity contribution in [2.45, 2.75) is 19.3 Å². The zero-order valence-electron chi connectivity index (χ0n) is 7.12. The quantitative estimate of drug-likeness (QED) is 0.639. The third-order valence-corrected chi connectivity index (χ3v) is 5.12. The molecule has 12 heavy (non-hydrogen) atoms. The molecule has 0 aromatic carbocycles. The molecular formula is C8H15NO2S. The van der Waals surface area contributed by atoms with Crippen molar-refractivity contribution in [3.05, 3.63) is 0 Å². The van der Waals surface area contributed by atoms with Gasteiger partial charge in [0.25, 0.3) is 0 Å². The normalized spacial score (nSPS) is 36.6. The Kier molecular flexibility index (Phi) is 1.74. The summed E-state index contributed by atoms with van der Waals surface area (Å²) in [4.78, 5) is 0. The van der Waals surface area contributed by atoms with Gasteiger partial charge in [0.2, 0.25) is 0 Å². The molecule has 2 aliphatic rings. The Morgan fingerprint density at radius 2 is 1.92 bits per heavy atom. The van der Waals surface area contributed by atoms with Crippen molar-refractivity contribution in [3.63, 3.8) is 0 Å². The molecule has 2 rings (SSSR count). The average molecular weight is 189 g/mol. The van der Waals surface area contributed by atoms with Crippen LogP contribution in [0.25, 0.3) is 0 Å². The minimum Gasteiger partial charge on any atom is -0.330 e. The fourth-order valence-corrected chi connectivity index (χ4v) is 3.96. The molecule has 1 saturated carbocycles. The number of sulfone groups is 1. The second kappa shape index (κ2) is 2.45. The fraction of sp³-hybridized carbons (Fsp3) is 1.00. The van der Waals surface area contributed by atoms with Gasteiger partial charge in [0.1, 0.15) is 9.84 Å². The van der Waals surface area contributed by atoms with E-state index < -0.39 is 9.84 Å². The first-order valence-electron chi connectivity index (χ1n) is 4.48. The van der Waals surface area contributed by atoms with Crippen LogP contribution in [0.2, 0.25) is 0 Å².